The maximum atomic E-state index is 9.27. The maximum Gasteiger partial charge on any atom is 0.149 e. The Morgan fingerprint density at radius 2 is 2.00 bits per heavy atom. The number of aliphatic hydroxyl groups excluding tert-OH is 1. The molecule has 1 aromatic carbocycles. The SMILES string of the molecule is CC#CCOc1ccc([C@@H](C)O)cc1. The third kappa shape index (κ3) is 3.12. The molecule has 0 aliphatic rings. The number of rotatable bonds is 3. The van der Waals surface area contributed by atoms with E-state index < -0.39 is 6.10 Å². The van der Waals surface area contributed by atoms with Crippen LogP contribution in [-0.4, -0.2) is 11.7 Å². The van der Waals surface area contributed by atoms with Crippen molar-refractivity contribution in [3.05, 3.63) is 29.8 Å². The monoisotopic (exact) mass is 190 g/mol. The van der Waals surface area contributed by atoms with E-state index in [0.717, 1.165) is 11.3 Å². The molecule has 1 atom stereocenters. The fourth-order valence-electron chi connectivity index (χ4n) is 1.03. The lowest BCUT2D eigenvalue weighted by Crippen LogP contribution is -1.95. The summed E-state index contributed by atoms with van der Waals surface area (Å²) in [5.41, 5.74) is 0.888. The topological polar surface area (TPSA) is 29.5 Å². The first-order valence-electron chi connectivity index (χ1n) is 4.54. The standard InChI is InChI=1S/C12H14O2/c1-3-4-9-14-12-7-5-11(6-8-12)10(2)13/h5-8,10,13H,9H2,1-2H3/t10-/m1/s1. The number of benzene rings is 1. The first-order chi connectivity index (χ1) is 6.74. The van der Waals surface area contributed by atoms with Crippen LogP contribution in [0.3, 0.4) is 0 Å². The molecule has 0 radical (unpaired) electrons. The van der Waals surface area contributed by atoms with Gasteiger partial charge in [0.15, 0.2) is 0 Å². The highest BCUT2D eigenvalue weighted by Crippen LogP contribution is 2.16. The average Bonchev–Trinajstić information content (AvgIpc) is 2.19. The van der Waals surface area contributed by atoms with Gasteiger partial charge in [0.2, 0.25) is 0 Å². The zero-order valence-electron chi connectivity index (χ0n) is 8.45. The Kier molecular flexibility index (Phi) is 4.03. The third-order valence-corrected chi connectivity index (χ3v) is 1.85. The molecule has 0 aliphatic heterocycles. The Morgan fingerprint density at radius 3 is 2.50 bits per heavy atom. The van der Waals surface area contributed by atoms with Crippen molar-refractivity contribution in [2.45, 2.75) is 20.0 Å². The molecule has 0 unspecified atom stereocenters. The van der Waals surface area contributed by atoms with E-state index >= 15 is 0 Å². The molecule has 0 aliphatic carbocycles. The summed E-state index contributed by atoms with van der Waals surface area (Å²) in [6.07, 6.45) is -0.431. The lowest BCUT2D eigenvalue weighted by Gasteiger charge is -2.06. The van der Waals surface area contributed by atoms with Crippen LogP contribution in [-0.2, 0) is 0 Å². The molecule has 2 heteroatoms. The van der Waals surface area contributed by atoms with E-state index in [-0.39, 0.29) is 0 Å². The summed E-state index contributed by atoms with van der Waals surface area (Å²) < 4.78 is 5.33. The van der Waals surface area contributed by atoms with E-state index in [0.29, 0.717) is 6.61 Å². The predicted molar refractivity (Wildman–Crippen MR) is 56.0 cm³/mol. The second kappa shape index (κ2) is 5.31. The Labute approximate surface area is 84.5 Å². The molecule has 0 saturated carbocycles. The van der Waals surface area contributed by atoms with Gasteiger partial charge in [-0.15, -0.1) is 5.92 Å². The smallest absolute Gasteiger partial charge is 0.149 e. The van der Waals surface area contributed by atoms with Crippen LogP contribution in [0, 0.1) is 11.8 Å². The predicted octanol–water partition coefficient (Wildman–Crippen LogP) is 2.14. The van der Waals surface area contributed by atoms with Crippen LogP contribution in [0.5, 0.6) is 5.75 Å². The number of hydrogen-bond donors (Lipinski definition) is 1. The van der Waals surface area contributed by atoms with E-state index in [2.05, 4.69) is 11.8 Å². The van der Waals surface area contributed by atoms with Gasteiger partial charge in [-0.3, -0.25) is 0 Å². The van der Waals surface area contributed by atoms with Gasteiger partial charge in [0.05, 0.1) is 6.10 Å². The molecule has 1 N–H and O–H groups in total. The van der Waals surface area contributed by atoms with Gasteiger partial charge in [0.1, 0.15) is 12.4 Å². The van der Waals surface area contributed by atoms with Crippen molar-refractivity contribution >= 4 is 0 Å². The molecular formula is C12H14O2. The molecule has 14 heavy (non-hydrogen) atoms. The largest absolute Gasteiger partial charge is 0.481 e. The first kappa shape index (κ1) is 10.6. The summed E-state index contributed by atoms with van der Waals surface area (Å²) in [5, 5.41) is 9.27. The van der Waals surface area contributed by atoms with Crippen molar-refractivity contribution in [3.63, 3.8) is 0 Å². The minimum absolute atomic E-state index is 0.407. The Bertz CT molecular complexity index is 328. The van der Waals surface area contributed by atoms with Crippen LogP contribution < -0.4 is 4.74 Å². The van der Waals surface area contributed by atoms with Gasteiger partial charge in [0.25, 0.3) is 0 Å². The molecule has 0 heterocycles. The van der Waals surface area contributed by atoms with Gasteiger partial charge >= 0.3 is 0 Å². The van der Waals surface area contributed by atoms with Crippen LogP contribution >= 0.6 is 0 Å². The maximum absolute atomic E-state index is 9.27. The highest BCUT2D eigenvalue weighted by molar-refractivity contribution is 5.28. The van der Waals surface area contributed by atoms with Crippen LogP contribution in [0.1, 0.15) is 25.5 Å². The van der Waals surface area contributed by atoms with Gasteiger partial charge in [-0.25, -0.2) is 0 Å². The number of ether oxygens (including phenoxy) is 1. The molecule has 0 bridgehead atoms. The molecule has 2 nitrogen and oxygen atoms in total. The quantitative estimate of drug-likeness (QED) is 0.740. The molecule has 0 amide bonds. The summed E-state index contributed by atoms with van der Waals surface area (Å²) >= 11 is 0. The summed E-state index contributed by atoms with van der Waals surface area (Å²) in [6, 6.07) is 7.36. The molecule has 1 aromatic rings. The van der Waals surface area contributed by atoms with Crippen molar-refractivity contribution in [1.29, 1.82) is 0 Å². The molecule has 0 saturated heterocycles. The molecule has 0 aromatic heterocycles. The van der Waals surface area contributed by atoms with Crippen LogP contribution in [0.15, 0.2) is 24.3 Å². The van der Waals surface area contributed by atoms with Crippen molar-refractivity contribution in [2.24, 2.45) is 0 Å². The normalized spacial score (nSPS) is 11.4. The van der Waals surface area contributed by atoms with E-state index in [1.807, 2.05) is 24.3 Å². The van der Waals surface area contributed by atoms with Gasteiger partial charge < -0.3 is 9.84 Å². The molecule has 1 rings (SSSR count). The number of aliphatic hydroxyl groups is 1. The van der Waals surface area contributed by atoms with E-state index in [4.69, 9.17) is 4.74 Å². The van der Waals surface area contributed by atoms with Crippen molar-refractivity contribution in [2.75, 3.05) is 6.61 Å². The third-order valence-electron chi connectivity index (χ3n) is 1.85. The van der Waals surface area contributed by atoms with E-state index in [9.17, 15) is 5.11 Å². The Hall–Kier alpha value is -1.46. The van der Waals surface area contributed by atoms with Crippen molar-refractivity contribution in [3.8, 4) is 17.6 Å². The fraction of sp³-hybridized carbons (Fsp3) is 0.333. The molecule has 0 spiro atoms. The van der Waals surface area contributed by atoms with E-state index in [1.165, 1.54) is 0 Å². The lowest BCUT2D eigenvalue weighted by molar-refractivity contribution is 0.199. The first-order valence-corrected chi connectivity index (χ1v) is 4.54. The zero-order chi connectivity index (χ0) is 10.4. The second-order valence-electron chi connectivity index (χ2n) is 2.96. The molecular weight excluding hydrogens is 176 g/mol. The Balaban J connectivity index is 2.58. The van der Waals surface area contributed by atoms with Gasteiger partial charge in [-0.2, -0.15) is 0 Å². The van der Waals surface area contributed by atoms with Crippen LogP contribution in [0.25, 0.3) is 0 Å². The summed E-state index contributed by atoms with van der Waals surface area (Å²) in [6.45, 7) is 3.92. The highest BCUT2D eigenvalue weighted by atomic mass is 16.5. The summed E-state index contributed by atoms with van der Waals surface area (Å²) in [4.78, 5) is 0. The zero-order valence-corrected chi connectivity index (χ0v) is 8.45. The summed E-state index contributed by atoms with van der Waals surface area (Å²) in [7, 11) is 0. The molecule has 0 fully saturated rings. The number of hydrogen-bond acceptors (Lipinski definition) is 2. The minimum atomic E-state index is -0.431. The van der Waals surface area contributed by atoms with Gasteiger partial charge in [0, 0.05) is 0 Å². The second-order valence-corrected chi connectivity index (χ2v) is 2.96. The van der Waals surface area contributed by atoms with Gasteiger partial charge in [-0.05, 0) is 31.5 Å². The average molecular weight is 190 g/mol. The van der Waals surface area contributed by atoms with Crippen LogP contribution in [0.2, 0.25) is 0 Å². The van der Waals surface area contributed by atoms with Crippen molar-refractivity contribution < 1.29 is 9.84 Å². The van der Waals surface area contributed by atoms with Gasteiger partial charge in [-0.1, -0.05) is 18.1 Å². The minimum Gasteiger partial charge on any atom is -0.481 e. The van der Waals surface area contributed by atoms with E-state index in [1.54, 1.807) is 13.8 Å². The summed E-state index contributed by atoms with van der Waals surface area (Å²) in [5.74, 6) is 6.34. The molecule has 74 valence electrons. The highest BCUT2D eigenvalue weighted by Gasteiger charge is 1.99. The fourth-order valence-corrected chi connectivity index (χ4v) is 1.03. The van der Waals surface area contributed by atoms with Crippen molar-refractivity contribution in [1.82, 2.24) is 0 Å². The Morgan fingerprint density at radius 1 is 1.36 bits per heavy atom. The van der Waals surface area contributed by atoms with Crippen LogP contribution in [0.4, 0.5) is 0 Å². The lowest BCUT2D eigenvalue weighted by atomic mass is 10.1.